The van der Waals surface area contributed by atoms with Gasteiger partial charge in [-0.05, 0) is 30.7 Å². The van der Waals surface area contributed by atoms with Crippen LogP contribution in [0.1, 0.15) is 27.0 Å². The zero-order valence-electron chi connectivity index (χ0n) is 10.7. The fourth-order valence-electron chi connectivity index (χ4n) is 1.92. The smallest absolute Gasteiger partial charge is 0.398 e. The zero-order chi connectivity index (χ0) is 14.9. The minimum atomic E-state index is -4.47. The van der Waals surface area contributed by atoms with Gasteiger partial charge in [0.25, 0.3) is 0 Å². The molecule has 0 atom stereocenters. The second kappa shape index (κ2) is 5.00. The van der Waals surface area contributed by atoms with Crippen LogP contribution >= 0.6 is 0 Å². The molecule has 0 heterocycles. The summed E-state index contributed by atoms with van der Waals surface area (Å²) in [6.45, 7) is 1.76. The summed E-state index contributed by atoms with van der Waals surface area (Å²) in [5, 5.41) is 0. The molecular weight excluding hydrogens is 267 g/mol. The molecule has 0 aliphatic carbocycles. The monoisotopic (exact) mass is 279 g/mol. The second-order valence-corrected chi connectivity index (χ2v) is 4.44. The van der Waals surface area contributed by atoms with Crippen molar-refractivity contribution in [3.63, 3.8) is 0 Å². The number of halogens is 3. The molecule has 0 aliphatic heterocycles. The van der Waals surface area contributed by atoms with Crippen molar-refractivity contribution < 1.29 is 18.0 Å². The molecule has 0 fully saturated rings. The normalized spacial score (nSPS) is 11.4. The van der Waals surface area contributed by atoms with Gasteiger partial charge in [-0.1, -0.05) is 24.3 Å². The van der Waals surface area contributed by atoms with Crippen LogP contribution in [0.4, 0.5) is 18.9 Å². The van der Waals surface area contributed by atoms with Crippen molar-refractivity contribution in [2.24, 2.45) is 0 Å². The van der Waals surface area contributed by atoms with E-state index in [0.717, 1.165) is 23.8 Å². The molecule has 0 radical (unpaired) electrons. The molecule has 104 valence electrons. The number of benzene rings is 2. The number of rotatable bonds is 2. The van der Waals surface area contributed by atoms with Crippen LogP contribution in [0.25, 0.3) is 0 Å². The highest BCUT2D eigenvalue weighted by molar-refractivity contribution is 6.12. The van der Waals surface area contributed by atoms with E-state index < -0.39 is 11.7 Å². The average Bonchev–Trinajstić information content (AvgIpc) is 2.37. The highest BCUT2D eigenvalue weighted by Gasteiger charge is 2.31. The number of hydrogen-bond donors (Lipinski definition) is 1. The van der Waals surface area contributed by atoms with Gasteiger partial charge < -0.3 is 5.73 Å². The summed E-state index contributed by atoms with van der Waals surface area (Å²) in [6, 6.07) is 9.62. The van der Waals surface area contributed by atoms with E-state index >= 15 is 0 Å². The first-order valence-electron chi connectivity index (χ1n) is 5.88. The molecule has 2 nitrogen and oxygen atoms in total. The van der Waals surface area contributed by atoms with Crippen LogP contribution in [0, 0.1) is 6.92 Å². The summed E-state index contributed by atoms with van der Waals surface area (Å²) in [6.07, 6.45) is -4.47. The largest absolute Gasteiger partial charge is 0.416 e. The summed E-state index contributed by atoms with van der Waals surface area (Å²) < 4.78 is 37.6. The molecule has 20 heavy (non-hydrogen) atoms. The summed E-state index contributed by atoms with van der Waals surface area (Å²) in [4.78, 5) is 12.3. The molecule has 0 aromatic heterocycles. The van der Waals surface area contributed by atoms with Crippen LogP contribution in [0.3, 0.4) is 0 Å². The second-order valence-electron chi connectivity index (χ2n) is 4.44. The lowest BCUT2D eigenvalue weighted by Crippen LogP contribution is -2.10. The van der Waals surface area contributed by atoms with Gasteiger partial charge in [-0.25, -0.2) is 0 Å². The lowest BCUT2D eigenvalue weighted by atomic mass is 9.97. The molecule has 2 N–H and O–H groups in total. The van der Waals surface area contributed by atoms with Gasteiger partial charge in [0.15, 0.2) is 5.78 Å². The van der Waals surface area contributed by atoms with E-state index in [1.807, 2.05) is 0 Å². The van der Waals surface area contributed by atoms with Crippen molar-refractivity contribution in [1.29, 1.82) is 0 Å². The molecule has 2 aromatic carbocycles. The minimum Gasteiger partial charge on any atom is -0.398 e. The molecule has 0 bridgehead atoms. The molecule has 0 unspecified atom stereocenters. The Bertz CT molecular complexity index is 662. The lowest BCUT2D eigenvalue weighted by Gasteiger charge is -2.11. The van der Waals surface area contributed by atoms with Crippen molar-refractivity contribution in [3.8, 4) is 0 Å². The van der Waals surface area contributed by atoms with Crippen molar-refractivity contribution in [3.05, 3.63) is 64.7 Å². The number of carbonyl (C=O) groups is 1. The summed E-state index contributed by atoms with van der Waals surface area (Å²) in [7, 11) is 0. The lowest BCUT2D eigenvalue weighted by molar-refractivity contribution is -0.137. The van der Waals surface area contributed by atoms with Gasteiger partial charge in [-0.3, -0.25) is 4.79 Å². The first kappa shape index (κ1) is 14.1. The Morgan fingerprint density at radius 3 is 2.25 bits per heavy atom. The van der Waals surface area contributed by atoms with Gasteiger partial charge in [0.1, 0.15) is 0 Å². The first-order chi connectivity index (χ1) is 9.30. The number of hydrogen-bond acceptors (Lipinski definition) is 2. The molecule has 5 heteroatoms. The van der Waals surface area contributed by atoms with Gasteiger partial charge >= 0.3 is 6.18 Å². The third-order valence-corrected chi connectivity index (χ3v) is 3.01. The maximum Gasteiger partial charge on any atom is 0.416 e. The third kappa shape index (κ3) is 2.66. The quantitative estimate of drug-likeness (QED) is 0.670. The first-order valence-corrected chi connectivity index (χ1v) is 5.88. The van der Waals surface area contributed by atoms with Crippen LogP contribution < -0.4 is 5.73 Å². The zero-order valence-corrected chi connectivity index (χ0v) is 10.7. The van der Waals surface area contributed by atoms with Gasteiger partial charge in [0, 0.05) is 16.8 Å². The molecular formula is C15H12F3NO. The predicted octanol–water partition coefficient (Wildman–Crippen LogP) is 3.83. The Balaban J connectivity index is 2.45. The fourth-order valence-corrected chi connectivity index (χ4v) is 1.92. The van der Waals surface area contributed by atoms with Crippen molar-refractivity contribution in [1.82, 2.24) is 0 Å². The van der Waals surface area contributed by atoms with Crippen molar-refractivity contribution >= 4 is 11.5 Å². The van der Waals surface area contributed by atoms with E-state index in [1.54, 1.807) is 31.2 Å². The van der Waals surface area contributed by atoms with E-state index in [0.29, 0.717) is 5.56 Å². The maximum absolute atomic E-state index is 12.5. The van der Waals surface area contributed by atoms with E-state index in [-0.39, 0.29) is 17.0 Å². The molecule has 2 rings (SSSR count). The number of ketones is 1. The number of carbonyl (C=O) groups excluding carboxylic acids is 1. The predicted molar refractivity (Wildman–Crippen MR) is 70.5 cm³/mol. The molecule has 2 aromatic rings. The van der Waals surface area contributed by atoms with Crippen molar-refractivity contribution in [2.75, 3.05) is 5.73 Å². The topological polar surface area (TPSA) is 43.1 Å². The van der Waals surface area contributed by atoms with Gasteiger partial charge in [0.2, 0.25) is 0 Å². The van der Waals surface area contributed by atoms with E-state index in [1.165, 1.54) is 0 Å². The Morgan fingerprint density at radius 2 is 1.70 bits per heavy atom. The Labute approximate surface area is 114 Å². The maximum atomic E-state index is 12.5. The number of anilines is 1. The Kier molecular flexibility index (Phi) is 3.53. The summed E-state index contributed by atoms with van der Waals surface area (Å²) in [5.41, 5.74) is 5.80. The standard InChI is InChI=1S/C15H12F3NO/c1-9-4-2-3-5-11(9)14(20)12-7-6-10(8-13(12)19)15(16,17)18/h2-8H,19H2,1H3. The Hall–Kier alpha value is -2.30. The number of aryl methyl sites for hydroxylation is 1. The third-order valence-electron chi connectivity index (χ3n) is 3.01. The van der Waals surface area contributed by atoms with E-state index in [4.69, 9.17) is 5.73 Å². The van der Waals surface area contributed by atoms with Crippen LogP contribution in [0.15, 0.2) is 42.5 Å². The summed E-state index contributed by atoms with van der Waals surface area (Å²) >= 11 is 0. The highest BCUT2D eigenvalue weighted by atomic mass is 19.4. The molecule has 0 amide bonds. The van der Waals surface area contributed by atoms with Gasteiger partial charge in [0.05, 0.1) is 5.56 Å². The average molecular weight is 279 g/mol. The number of alkyl halides is 3. The summed E-state index contributed by atoms with van der Waals surface area (Å²) in [5.74, 6) is -0.380. The molecule has 0 aliphatic rings. The molecule has 0 saturated carbocycles. The van der Waals surface area contributed by atoms with Gasteiger partial charge in [-0.15, -0.1) is 0 Å². The fraction of sp³-hybridized carbons (Fsp3) is 0.133. The minimum absolute atomic E-state index is 0.0762. The van der Waals surface area contributed by atoms with Crippen LogP contribution in [-0.2, 0) is 6.18 Å². The molecule has 0 saturated heterocycles. The molecule has 0 spiro atoms. The van der Waals surface area contributed by atoms with Crippen LogP contribution in [0.2, 0.25) is 0 Å². The van der Waals surface area contributed by atoms with E-state index in [2.05, 4.69) is 0 Å². The van der Waals surface area contributed by atoms with Crippen LogP contribution in [0.5, 0.6) is 0 Å². The number of nitrogens with two attached hydrogens (primary N) is 1. The van der Waals surface area contributed by atoms with Gasteiger partial charge in [-0.2, -0.15) is 13.2 Å². The SMILES string of the molecule is Cc1ccccc1C(=O)c1ccc(C(F)(F)F)cc1N. The van der Waals surface area contributed by atoms with Crippen molar-refractivity contribution in [2.45, 2.75) is 13.1 Å². The highest BCUT2D eigenvalue weighted by Crippen LogP contribution is 2.32. The number of nitrogen functional groups attached to an aromatic ring is 1. The Morgan fingerprint density at radius 1 is 1.05 bits per heavy atom. The van der Waals surface area contributed by atoms with E-state index in [9.17, 15) is 18.0 Å². The van der Waals surface area contributed by atoms with Crippen LogP contribution in [-0.4, -0.2) is 5.78 Å².